The fourth-order valence-corrected chi connectivity index (χ4v) is 3.12. The number of esters is 1. The molecule has 1 saturated carbocycles. The Balaban J connectivity index is 1.94. The molecule has 1 aliphatic carbocycles. The summed E-state index contributed by atoms with van der Waals surface area (Å²) in [5, 5.41) is 0. The molecule has 0 heterocycles. The predicted molar refractivity (Wildman–Crippen MR) is 80.0 cm³/mol. The number of carbonyl (C=O) groups is 1. The highest BCUT2D eigenvalue weighted by Crippen LogP contribution is 2.29. The first-order chi connectivity index (χ1) is 9.08. The standard InChI is InChI=1S/C15H20BrNO2/c1-2-10-3-5-14(6-4-10)19-15(18)11-7-12(16)9-13(17)8-11/h7-10,14H,2-6,17H2,1H3. The lowest BCUT2D eigenvalue weighted by atomic mass is 9.86. The van der Waals surface area contributed by atoms with Crippen LogP contribution in [0.25, 0.3) is 0 Å². The van der Waals surface area contributed by atoms with Gasteiger partial charge in [0.15, 0.2) is 0 Å². The summed E-state index contributed by atoms with van der Waals surface area (Å²) in [6.45, 7) is 2.22. The minimum Gasteiger partial charge on any atom is -0.459 e. The van der Waals surface area contributed by atoms with E-state index in [0.29, 0.717) is 11.3 Å². The van der Waals surface area contributed by atoms with Gasteiger partial charge in [-0.2, -0.15) is 0 Å². The number of carbonyl (C=O) groups excluding carboxylic acids is 1. The van der Waals surface area contributed by atoms with Crippen molar-refractivity contribution in [2.45, 2.75) is 45.1 Å². The molecule has 0 atom stereocenters. The third-order valence-electron chi connectivity index (χ3n) is 3.80. The Morgan fingerprint density at radius 3 is 2.58 bits per heavy atom. The molecule has 1 aliphatic rings. The molecule has 1 aromatic rings. The van der Waals surface area contributed by atoms with Gasteiger partial charge in [0.25, 0.3) is 0 Å². The van der Waals surface area contributed by atoms with E-state index in [1.54, 1.807) is 18.2 Å². The lowest BCUT2D eigenvalue weighted by Gasteiger charge is -2.27. The van der Waals surface area contributed by atoms with Crippen LogP contribution in [0.5, 0.6) is 0 Å². The van der Waals surface area contributed by atoms with E-state index < -0.39 is 0 Å². The van der Waals surface area contributed by atoms with Crippen LogP contribution in [0.1, 0.15) is 49.4 Å². The summed E-state index contributed by atoms with van der Waals surface area (Å²) < 4.78 is 6.37. The second kappa shape index (κ2) is 6.42. The molecular formula is C15H20BrNO2. The number of halogens is 1. The third kappa shape index (κ3) is 3.96. The fourth-order valence-electron chi connectivity index (χ4n) is 2.61. The van der Waals surface area contributed by atoms with Crippen molar-refractivity contribution in [3.8, 4) is 0 Å². The van der Waals surface area contributed by atoms with Gasteiger partial charge in [-0.3, -0.25) is 0 Å². The molecule has 0 spiro atoms. The largest absolute Gasteiger partial charge is 0.459 e. The quantitative estimate of drug-likeness (QED) is 0.670. The minimum atomic E-state index is -0.270. The normalized spacial score (nSPS) is 23.1. The predicted octanol–water partition coefficient (Wildman–Crippen LogP) is 4.16. The Hall–Kier alpha value is -1.03. The van der Waals surface area contributed by atoms with Crippen LogP contribution in [0.4, 0.5) is 5.69 Å². The van der Waals surface area contributed by atoms with Gasteiger partial charge in [0.2, 0.25) is 0 Å². The Morgan fingerprint density at radius 1 is 1.32 bits per heavy atom. The van der Waals surface area contributed by atoms with Crippen molar-refractivity contribution in [1.82, 2.24) is 0 Å². The van der Waals surface area contributed by atoms with Crippen LogP contribution in [0.2, 0.25) is 0 Å². The maximum absolute atomic E-state index is 12.1. The van der Waals surface area contributed by atoms with Crippen molar-refractivity contribution < 1.29 is 9.53 Å². The number of ether oxygens (including phenoxy) is 1. The first-order valence-electron chi connectivity index (χ1n) is 6.85. The van der Waals surface area contributed by atoms with Gasteiger partial charge in [0.05, 0.1) is 5.56 Å². The molecule has 0 unspecified atom stereocenters. The molecule has 2 rings (SSSR count). The van der Waals surface area contributed by atoms with E-state index in [2.05, 4.69) is 22.9 Å². The van der Waals surface area contributed by atoms with E-state index in [4.69, 9.17) is 10.5 Å². The number of hydrogen-bond donors (Lipinski definition) is 1. The van der Waals surface area contributed by atoms with E-state index in [1.165, 1.54) is 6.42 Å². The molecule has 1 aromatic carbocycles. The number of benzene rings is 1. The summed E-state index contributed by atoms with van der Waals surface area (Å²) in [4.78, 5) is 12.1. The van der Waals surface area contributed by atoms with E-state index in [1.807, 2.05) is 0 Å². The molecular weight excluding hydrogens is 306 g/mol. The number of nitrogens with two attached hydrogens (primary N) is 1. The summed E-state index contributed by atoms with van der Waals surface area (Å²) in [5.41, 5.74) is 6.81. The summed E-state index contributed by atoms with van der Waals surface area (Å²) >= 11 is 3.34. The van der Waals surface area contributed by atoms with Crippen LogP contribution in [0.15, 0.2) is 22.7 Å². The molecule has 2 N–H and O–H groups in total. The SMILES string of the molecule is CCC1CCC(OC(=O)c2cc(N)cc(Br)c2)CC1. The van der Waals surface area contributed by atoms with Crippen molar-refractivity contribution in [3.63, 3.8) is 0 Å². The van der Waals surface area contributed by atoms with Gasteiger partial charge in [-0.05, 0) is 49.8 Å². The van der Waals surface area contributed by atoms with Crippen molar-refractivity contribution in [3.05, 3.63) is 28.2 Å². The highest BCUT2D eigenvalue weighted by Gasteiger charge is 2.23. The molecule has 0 aliphatic heterocycles. The van der Waals surface area contributed by atoms with Crippen LogP contribution in [-0.2, 0) is 4.74 Å². The topological polar surface area (TPSA) is 52.3 Å². The summed E-state index contributed by atoms with van der Waals surface area (Å²) in [6.07, 6.45) is 5.57. The number of hydrogen-bond acceptors (Lipinski definition) is 3. The average molecular weight is 326 g/mol. The Morgan fingerprint density at radius 2 is 2.00 bits per heavy atom. The maximum Gasteiger partial charge on any atom is 0.338 e. The number of nitrogen functional groups attached to an aromatic ring is 1. The Labute approximate surface area is 122 Å². The highest BCUT2D eigenvalue weighted by molar-refractivity contribution is 9.10. The van der Waals surface area contributed by atoms with Crippen LogP contribution >= 0.6 is 15.9 Å². The van der Waals surface area contributed by atoms with E-state index in [0.717, 1.165) is 36.1 Å². The lowest BCUT2D eigenvalue weighted by molar-refractivity contribution is 0.0164. The Bertz CT molecular complexity index is 433. The molecule has 0 saturated heterocycles. The maximum atomic E-state index is 12.1. The van der Waals surface area contributed by atoms with Crippen molar-refractivity contribution in [1.29, 1.82) is 0 Å². The molecule has 0 aromatic heterocycles. The van der Waals surface area contributed by atoms with Gasteiger partial charge in [0, 0.05) is 10.2 Å². The van der Waals surface area contributed by atoms with Gasteiger partial charge in [-0.1, -0.05) is 29.3 Å². The molecule has 0 amide bonds. The highest BCUT2D eigenvalue weighted by atomic mass is 79.9. The van der Waals surface area contributed by atoms with Crippen LogP contribution in [-0.4, -0.2) is 12.1 Å². The summed E-state index contributed by atoms with van der Waals surface area (Å²) in [7, 11) is 0. The molecule has 19 heavy (non-hydrogen) atoms. The monoisotopic (exact) mass is 325 g/mol. The van der Waals surface area contributed by atoms with Gasteiger partial charge >= 0.3 is 5.97 Å². The first-order valence-corrected chi connectivity index (χ1v) is 7.65. The van der Waals surface area contributed by atoms with Crippen LogP contribution in [0, 0.1) is 5.92 Å². The summed E-state index contributed by atoms with van der Waals surface area (Å²) in [5.74, 6) is 0.532. The lowest BCUT2D eigenvalue weighted by Crippen LogP contribution is -2.24. The molecule has 1 fully saturated rings. The smallest absolute Gasteiger partial charge is 0.338 e. The van der Waals surface area contributed by atoms with Gasteiger partial charge in [0.1, 0.15) is 6.10 Å². The minimum absolute atomic E-state index is 0.0653. The first kappa shape index (κ1) is 14.4. The summed E-state index contributed by atoms with van der Waals surface area (Å²) in [6, 6.07) is 5.17. The van der Waals surface area contributed by atoms with Gasteiger partial charge < -0.3 is 10.5 Å². The van der Waals surface area contributed by atoms with Crippen molar-refractivity contribution >= 4 is 27.6 Å². The van der Waals surface area contributed by atoms with Gasteiger partial charge in [-0.25, -0.2) is 4.79 Å². The number of rotatable bonds is 3. The molecule has 3 nitrogen and oxygen atoms in total. The van der Waals surface area contributed by atoms with E-state index in [9.17, 15) is 4.79 Å². The van der Waals surface area contributed by atoms with E-state index >= 15 is 0 Å². The van der Waals surface area contributed by atoms with Crippen LogP contribution in [0.3, 0.4) is 0 Å². The molecule has 0 bridgehead atoms. The zero-order valence-corrected chi connectivity index (χ0v) is 12.8. The third-order valence-corrected chi connectivity index (χ3v) is 4.26. The van der Waals surface area contributed by atoms with E-state index in [-0.39, 0.29) is 12.1 Å². The number of anilines is 1. The van der Waals surface area contributed by atoms with Crippen molar-refractivity contribution in [2.24, 2.45) is 5.92 Å². The second-order valence-electron chi connectivity index (χ2n) is 5.23. The van der Waals surface area contributed by atoms with Crippen molar-refractivity contribution in [2.75, 3.05) is 5.73 Å². The molecule has 0 radical (unpaired) electrons. The van der Waals surface area contributed by atoms with Gasteiger partial charge in [-0.15, -0.1) is 0 Å². The Kier molecular flexibility index (Phi) is 4.86. The zero-order valence-electron chi connectivity index (χ0n) is 11.2. The second-order valence-corrected chi connectivity index (χ2v) is 6.15. The molecule has 4 heteroatoms. The van der Waals surface area contributed by atoms with Crippen LogP contribution < -0.4 is 5.73 Å². The zero-order chi connectivity index (χ0) is 13.8. The molecule has 104 valence electrons. The fraction of sp³-hybridized carbons (Fsp3) is 0.533. The average Bonchev–Trinajstić information content (AvgIpc) is 2.38.